The number of hydrogen-bond donors (Lipinski definition) is 0. The van der Waals surface area contributed by atoms with Gasteiger partial charge in [-0.2, -0.15) is 5.26 Å². The first-order valence-corrected chi connectivity index (χ1v) is 10.2. The van der Waals surface area contributed by atoms with E-state index in [9.17, 15) is 13.7 Å². The molecule has 0 bridgehead atoms. The molecule has 0 radical (unpaired) electrons. The molecule has 3 rings (SSSR count). The van der Waals surface area contributed by atoms with Crippen LogP contribution in [-0.2, 0) is 16.4 Å². The van der Waals surface area contributed by atoms with Crippen molar-refractivity contribution < 1.29 is 13.2 Å². The van der Waals surface area contributed by atoms with Crippen LogP contribution in [0, 0.1) is 11.3 Å². The summed E-state index contributed by atoms with van der Waals surface area (Å²) in [5.74, 6) is 0.491. The normalized spacial score (nSPS) is 11.6. The van der Waals surface area contributed by atoms with Crippen molar-refractivity contribution in [3.05, 3.63) is 99.9 Å². The molecular weight excluding hydrogens is 394 g/mol. The fourth-order valence-corrected chi connectivity index (χ4v) is 3.80. The number of rotatable bonds is 6. The standard InChI is InChI=1S/C22H16ClNO3S/c23-19-10-12-20(13-11-19)28(25,26)21(15-24)14-18-8-4-5-9-22(18)27-16-17-6-2-1-3-7-17/h1-14H,16H2. The molecule has 0 aromatic heterocycles. The van der Waals surface area contributed by atoms with Gasteiger partial charge in [-0.1, -0.05) is 60.1 Å². The molecule has 140 valence electrons. The van der Waals surface area contributed by atoms with E-state index < -0.39 is 9.84 Å². The zero-order chi connectivity index (χ0) is 20.0. The number of para-hydroxylation sites is 1. The summed E-state index contributed by atoms with van der Waals surface area (Å²) in [4.78, 5) is -0.363. The summed E-state index contributed by atoms with van der Waals surface area (Å²) in [5.41, 5.74) is 1.49. The van der Waals surface area contributed by atoms with Crippen LogP contribution in [0.5, 0.6) is 5.75 Å². The van der Waals surface area contributed by atoms with Gasteiger partial charge in [-0.05, 0) is 42.0 Å². The molecule has 0 fully saturated rings. The van der Waals surface area contributed by atoms with E-state index in [0.717, 1.165) is 5.56 Å². The van der Waals surface area contributed by atoms with Gasteiger partial charge in [0, 0.05) is 10.6 Å². The van der Waals surface area contributed by atoms with Crippen molar-refractivity contribution >= 4 is 27.5 Å². The number of nitrogens with zero attached hydrogens (tertiary/aromatic N) is 1. The van der Waals surface area contributed by atoms with Crippen LogP contribution < -0.4 is 4.74 Å². The van der Waals surface area contributed by atoms with Gasteiger partial charge in [0.05, 0.1) is 4.90 Å². The second-order valence-electron chi connectivity index (χ2n) is 5.89. The lowest BCUT2D eigenvalue weighted by atomic mass is 10.2. The molecule has 0 aliphatic heterocycles. The smallest absolute Gasteiger partial charge is 0.216 e. The lowest BCUT2D eigenvalue weighted by molar-refractivity contribution is 0.305. The van der Waals surface area contributed by atoms with Gasteiger partial charge < -0.3 is 4.74 Å². The average Bonchev–Trinajstić information content (AvgIpc) is 2.72. The van der Waals surface area contributed by atoms with E-state index in [0.29, 0.717) is 22.9 Å². The van der Waals surface area contributed by atoms with Gasteiger partial charge in [0.1, 0.15) is 23.3 Å². The Morgan fingerprint density at radius 3 is 2.29 bits per heavy atom. The van der Waals surface area contributed by atoms with Gasteiger partial charge in [-0.15, -0.1) is 0 Å². The lowest BCUT2D eigenvalue weighted by Gasteiger charge is -2.10. The zero-order valence-corrected chi connectivity index (χ0v) is 16.3. The Hall–Kier alpha value is -3.07. The number of sulfone groups is 1. The summed E-state index contributed by atoms with van der Waals surface area (Å²) in [6.07, 6.45) is 1.32. The molecule has 28 heavy (non-hydrogen) atoms. The van der Waals surface area contributed by atoms with Crippen LogP contribution in [0.25, 0.3) is 6.08 Å². The summed E-state index contributed by atoms with van der Waals surface area (Å²) in [6.45, 7) is 0.331. The predicted octanol–water partition coefficient (Wildman–Crippen LogP) is 5.26. The molecule has 3 aromatic carbocycles. The highest BCUT2D eigenvalue weighted by atomic mass is 35.5. The first kappa shape index (κ1) is 19.7. The largest absolute Gasteiger partial charge is 0.488 e. The Balaban J connectivity index is 1.93. The average molecular weight is 410 g/mol. The van der Waals surface area contributed by atoms with Crippen LogP contribution in [0.3, 0.4) is 0 Å². The van der Waals surface area contributed by atoms with Gasteiger partial charge in [-0.3, -0.25) is 0 Å². The van der Waals surface area contributed by atoms with Crippen LogP contribution in [0.15, 0.2) is 88.7 Å². The second kappa shape index (κ2) is 8.75. The fourth-order valence-electron chi connectivity index (χ4n) is 2.52. The minimum atomic E-state index is -3.96. The molecule has 0 atom stereocenters. The van der Waals surface area contributed by atoms with Crippen LogP contribution in [-0.4, -0.2) is 8.42 Å². The van der Waals surface area contributed by atoms with E-state index in [2.05, 4.69) is 0 Å². The van der Waals surface area contributed by atoms with Crippen LogP contribution in [0.1, 0.15) is 11.1 Å². The maximum atomic E-state index is 12.8. The van der Waals surface area contributed by atoms with Crippen LogP contribution in [0.4, 0.5) is 0 Å². The SMILES string of the molecule is N#CC(=Cc1ccccc1OCc1ccccc1)S(=O)(=O)c1ccc(Cl)cc1. The molecule has 0 saturated heterocycles. The van der Waals surface area contributed by atoms with Crippen molar-refractivity contribution in [1.82, 2.24) is 0 Å². The molecule has 0 aliphatic carbocycles. The number of nitriles is 1. The topological polar surface area (TPSA) is 67.2 Å². The van der Waals surface area contributed by atoms with Gasteiger partial charge in [0.2, 0.25) is 9.84 Å². The van der Waals surface area contributed by atoms with E-state index in [1.54, 1.807) is 30.3 Å². The quantitative estimate of drug-likeness (QED) is 0.521. The molecule has 3 aromatic rings. The summed E-state index contributed by atoms with van der Waals surface area (Å²) < 4.78 is 31.4. The Morgan fingerprint density at radius 2 is 1.61 bits per heavy atom. The zero-order valence-electron chi connectivity index (χ0n) is 14.7. The highest BCUT2D eigenvalue weighted by molar-refractivity contribution is 7.95. The van der Waals surface area contributed by atoms with E-state index in [1.807, 2.05) is 30.3 Å². The molecule has 0 aliphatic rings. The van der Waals surface area contributed by atoms with E-state index in [-0.39, 0.29) is 9.80 Å². The number of ether oxygens (including phenoxy) is 1. The minimum absolute atomic E-state index is 0.00684. The number of hydrogen-bond acceptors (Lipinski definition) is 4. The molecule has 0 N–H and O–H groups in total. The molecule has 0 amide bonds. The second-order valence-corrected chi connectivity index (χ2v) is 8.24. The Labute approximate surface area is 169 Å². The maximum absolute atomic E-state index is 12.8. The third-order valence-electron chi connectivity index (χ3n) is 3.97. The molecule has 0 heterocycles. The summed E-state index contributed by atoms with van der Waals surface area (Å²) in [7, 11) is -3.96. The Kier molecular flexibility index (Phi) is 6.15. The molecule has 6 heteroatoms. The van der Waals surface area contributed by atoms with Gasteiger partial charge in [-0.25, -0.2) is 8.42 Å². The molecule has 0 spiro atoms. The van der Waals surface area contributed by atoms with E-state index >= 15 is 0 Å². The van der Waals surface area contributed by atoms with Gasteiger partial charge in [0.15, 0.2) is 0 Å². The first-order chi connectivity index (χ1) is 13.5. The molecular formula is C22H16ClNO3S. The van der Waals surface area contributed by atoms with Crippen molar-refractivity contribution in [2.24, 2.45) is 0 Å². The monoisotopic (exact) mass is 409 g/mol. The third kappa shape index (κ3) is 4.61. The van der Waals surface area contributed by atoms with Crippen molar-refractivity contribution in [3.63, 3.8) is 0 Å². The fraction of sp³-hybridized carbons (Fsp3) is 0.0455. The lowest BCUT2D eigenvalue weighted by Crippen LogP contribution is -2.04. The minimum Gasteiger partial charge on any atom is -0.488 e. The molecule has 4 nitrogen and oxygen atoms in total. The van der Waals surface area contributed by atoms with Crippen molar-refractivity contribution in [2.45, 2.75) is 11.5 Å². The third-order valence-corrected chi connectivity index (χ3v) is 5.90. The van der Waals surface area contributed by atoms with Crippen LogP contribution in [0.2, 0.25) is 5.02 Å². The predicted molar refractivity (Wildman–Crippen MR) is 109 cm³/mol. The summed E-state index contributed by atoms with van der Waals surface area (Å²) in [6, 6.07) is 24.1. The Morgan fingerprint density at radius 1 is 0.964 bits per heavy atom. The number of benzene rings is 3. The highest BCUT2D eigenvalue weighted by Gasteiger charge is 2.21. The van der Waals surface area contributed by atoms with Crippen molar-refractivity contribution in [3.8, 4) is 11.8 Å². The molecule has 0 unspecified atom stereocenters. The first-order valence-electron chi connectivity index (χ1n) is 8.39. The van der Waals surface area contributed by atoms with Crippen molar-refractivity contribution in [1.29, 1.82) is 5.26 Å². The number of allylic oxidation sites excluding steroid dienone is 1. The molecule has 0 saturated carbocycles. The summed E-state index contributed by atoms with van der Waals surface area (Å²) >= 11 is 5.82. The van der Waals surface area contributed by atoms with Crippen LogP contribution >= 0.6 is 11.6 Å². The van der Waals surface area contributed by atoms with Gasteiger partial charge in [0.25, 0.3) is 0 Å². The number of halogens is 1. The summed E-state index contributed by atoms with van der Waals surface area (Å²) in [5, 5.41) is 9.89. The van der Waals surface area contributed by atoms with E-state index in [4.69, 9.17) is 16.3 Å². The maximum Gasteiger partial charge on any atom is 0.216 e. The van der Waals surface area contributed by atoms with E-state index in [1.165, 1.54) is 30.3 Å². The van der Waals surface area contributed by atoms with Crippen molar-refractivity contribution in [2.75, 3.05) is 0 Å². The Bertz CT molecular complexity index is 1130. The highest BCUT2D eigenvalue weighted by Crippen LogP contribution is 2.27. The van der Waals surface area contributed by atoms with Gasteiger partial charge >= 0.3 is 0 Å².